The van der Waals surface area contributed by atoms with Crippen LogP contribution in [0.25, 0.3) is 0 Å². The number of hydrogen-bond acceptors (Lipinski definition) is 5. The molecule has 1 amide bonds. The zero-order valence-corrected chi connectivity index (χ0v) is 36.4. The molecule has 3 atom stereocenters. The molecule has 3 unspecified atom stereocenters. The third kappa shape index (κ3) is 37.5. The molecule has 0 bridgehead atoms. The van der Waals surface area contributed by atoms with E-state index in [-0.39, 0.29) is 24.9 Å². The van der Waals surface area contributed by atoms with Gasteiger partial charge in [-0.2, -0.15) is 0 Å². The zero-order valence-electron chi connectivity index (χ0n) is 36.4. The highest BCUT2D eigenvalue weighted by Gasteiger charge is 2.24. The highest BCUT2D eigenvalue weighted by atomic mass is 16.5. The van der Waals surface area contributed by atoms with E-state index in [1.165, 1.54) is 148 Å². The van der Waals surface area contributed by atoms with E-state index in [9.17, 15) is 19.8 Å². The molecule has 0 fully saturated rings. The van der Waals surface area contributed by atoms with Crippen molar-refractivity contribution in [2.75, 3.05) is 6.61 Å². The summed E-state index contributed by atoms with van der Waals surface area (Å²) < 4.78 is 5.89. The van der Waals surface area contributed by atoms with Gasteiger partial charge in [-0.15, -0.1) is 0 Å². The lowest BCUT2D eigenvalue weighted by atomic mass is 10.0. The van der Waals surface area contributed by atoms with Gasteiger partial charge in [0.25, 0.3) is 0 Å². The first kappa shape index (κ1) is 52.6. The van der Waals surface area contributed by atoms with Crippen molar-refractivity contribution < 1.29 is 24.5 Å². The number of amides is 1. The number of esters is 1. The molecule has 0 aliphatic rings. The fraction of sp³-hybridized carbons (Fsp3) is 0.917. The number of allylic oxidation sites excluding steroid dienone is 2. The molecule has 3 N–H and O–H groups in total. The van der Waals surface area contributed by atoms with Crippen LogP contribution in [0.15, 0.2) is 12.2 Å². The predicted molar refractivity (Wildman–Crippen MR) is 232 cm³/mol. The van der Waals surface area contributed by atoms with Crippen LogP contribution < -0.4 is 5.32 Å². The van der Waals surface area contributed by atoms with Gasteiger partial charge < -0.3 is 20.3 Å². The Kier molecular flexibility index (Phi) is 41.6. The monoisotopic (exact) mass is 764 g/mol. The largest absolute Gasteiger partial charge is 0.462 e. The lowest BCUT2D eigenvalue weighted by Gasteiger charge is -2.24. The summed E-state index contributed by atoms with van der Waals surface area (Å²) in [6.45, 7) is 6.43. The van der Waals surface area contributed by atoms with Crippen LogP contribution in [0.5, 0.6) is 0 Å². The molecule has 6 heteroatoms. The third-order valence-corrected chi connectivity index (χ3v) is 11.1. The highest BCUT2D eigenvalue weighted by molar-refractivity contribution is 5.77. The first-order valence-corrected chi connectivity index (χ1v) is 23.9. The van der Waals surface area contributed by atoms with Crippen LogP contribution in [0.1, 0.15) is 258 Å². The lowest BCUT2D eigenvalue weighted by molar-refractivity contribution is -0.151. The van der Waals surface area contributed by atoms with Gasteiger partial charge in [-0.1, -0.05) is 213 Å². The molecule has 54 heavy (non-hydrogen) atoms. The number of carbonyl (C=O) groups excluding carboxylic acids is 2. The number of aliphatic hydroxyl groups excluding tert-OH is 2. The normalized spacial score (nSPS) is 13.4. The Bertz CT molecular complexity index is 817. The molecule has 0 aliphatic carbocycles. The quantitative estimate of drug-likeness (QED) is 0.0326. The van der Waals surface area contributed by atoms with Gasteiger partial charge in [0.15, 0.2) is 0 Å². The Hall–Kier alpha value is -1.40. The maximum atomic E-state index is 13.1. The van der Waals surface area contributed by atoms with Crippen molar-refractivity contribution in [3.05, 3.63) is 12.2 Å². The topological polar surface area (TPSA) is 95.9 Å². The molecule has 0 aromatic heterocycles. The number of hydrogen-bond donors (Lipinski definition) is 3. The Morgan fingerprint density at radius 1 is 0.519 bits per heavy atom. The standard InChI is InChI=1S/C48H93NO5/c1-4-7-10-13-16-19-21-22-23-24-26-29-32-35-38-41-48(53)54-44(39-36-33-30-27-18-15-12-9-6-3)42-47(52)49-45(43-50)46(51)40-37-34-31-28-25-20-17-14-11-8-5-2/h15,18,44-46,50-51H,4-14,16-17,19-43H2,1-3H3,(H,49,52)/b18-15-. The highest BCUT2D eigenvalue weighted by Crippen LogP contribution is 2.18. The lowest BCUT2D eigenvalue weighted by Crippen LogP contribution is -2.46. The Morgan fingerprint density at radius 3 is 1.37 bits per heavy atom. The molecule has 0 radical (unpaired) electrons. The summed E-state index contributed by atoms with van der Waals surface area (Å²) in [6, 6.07) is -0.697. The maximum absolute atomic E-state index is 13.1. The van der Waals surface area contributed by atoms with E-state index in [4.69, 9.17) is 4.74 Å². The first-order valence-electron chi connectivity index (χ1n) is 23.9. The number of rotatable bonds is 43. The molecule has 6 nitrogen and oxygen atoms in total. The summed E-state index contributed by atoms with van der Waals surface area (Å²) in [7, 11) is 0. The Balaban J connectivity index is 4.47. The number of aliphatic hydroxyl groups is 2. The average Bonchev–Trinajstić information content (AvgIpc) is 3.16. The third-order valence-electron chi connectivity index (χ3n) is 11.1. The van der Waals surface area contributed by atoms with Crippen LogP contribution >= 0.6 is 0 Å². The minimum Gasteiger partial charge on any atom is -0.462 e. The molecule has 320 valence electrons. The van der Waals surface area contributed by atoms with Gasteiger partial charge in [-0.05, 0) is 44.9 Å². The van der Waals surface area contributed by atoms with E-state index in [1.54, 1.807) is 0 Å². The van der Waals surface area contributed by atoms with Gasteiger partial charge in [-0.25, -0.2) is 0 Å². The minimum absolute atomic E-state index is 0.0726. The van der Waals surface area contributed by atoms with Gasteiger partial charge in [0.1, 0.15) is 6.10 Å². The maximum Gasteiger partial charge on any atom is 0.306 e. The second-order valence-corrected chi connectivity index (χ2v) is 16.5. The molecule has 0 aliphatic heterocycles. The van der Waals surface area contributed by atoms with E-state index in [2.05, 4.69) is 38.2 Å². The van der Waals surface area contributed by atoms with E-state index in [1.807, 2.05) is 0 Å². The van der Waals surface area contributed by atoms with Crippen LogP contribution in [0.3, 0.4) is 0 Å². The van der Waals surface area contributed by atoms with Gasteiger partial charge in [-0.3, -0.25) is 9.59 Å². The fourth-order valence-electron chi connectivity index (χ4n) is 7.41. The number of nitrogens with one attached hydrogen (secondary N) is 1. The van der Waals surface area contributed by atoms with E-state index >= 15 is 0 Å². The van der Waals surface area contributed by atoms with Crippen LogP contribution in [0, 0.1) is 0 Å². The van der Waals surface area contributed by atoms with Crippen LogP contribution in [-0.2, 0) is 14.3 Å². The summed E-state index contributed by atoms with van der Waals surface area (Å²) in [5.74, 6) is -0.479. The van der Waals surface area contributed by atoms with Crippen molar-refractivity contribution in [2.24, 2.45) is 0 Å². The molecule has 0 saturated heterocycles. The molecular weight excluding hydrogens is 671 g/mol. The molecule has 0 aromatic rings. The van der Waals surface area contributed by atoms with Gasteiger partial charge >= 0.3 is 5.97 Å². The summed E-state index contributed by atoms with van der Waals surface area (Å²) in [4.78, 5) is 26.0. The Labute approximate surface area is 336 Å². The van der Waals surface area contributed by atoms with Gasteiger partial charge in [0.05, 0.1) is 25.2 Å². The molecule has 0 aromatic carbocycles. The zero-order chi connectivity index (χ0) is 39.6. The fourth-order valence-corrected chi connectivity index (χ4v) is 7.41. The number of carbonyl (C=O) groups is 2. The smallest absolute Gasteiger partial charge is 0.306 e. The SMILES string of the molecule is CCCC/C=C\CCCCCC(CC(=O)NC(CO)C(O)CCCCCCCCCCCCC)OC(=O)CCCCCCCCCCCCCCCCC. The predicted octanol–water partition coefficient (Wildman–Crippen LogP) is 13.8. The van der Waals surface area contributed by atoms with Crippen molar-refractivity contribution in [1.29, 1.82) is 0 Å². The minimum atomic E-state index is -0.783. The van der Waals surface area contributed by atoms with Crippen molar-refractivity contribution in [3.8, 4) is 0 Å². The van der Waals surface area contributed by atoms with Gasteiger partial charge in [0, 0.05) is 6.42 Å². The Morgan fingerprint density at radius 2 is 0.907 bits per heavy atom. The molecule has 0 rings (SSSR count). The average molecular weight is 764 g/mol. The molecular formula is C48H93NO5. The van der Waals surface area contributed by atoms with Crippen LogP contribution in [0.2, 0.25) is 0 Å². The second kappa shape index (κ2) is 42.7. The van der Waals surface area contributed by atoms with Crippen molar-refractivity contribution >= 4 is 11.9 Å². The summed E-state index contributed by atoms with van der Waals surface area (Å²) in [5, 5.41) is 23.6. The van der Waals surface area contributed by atoms with Gasteiger partial charge in [0.2, 0.25) is 5.91 Å². The second-order valence-electron chi connectivity index (χ2n) is 16.5. The molecule has 0 spiro atoms. The van der Waals surface area contributed by atoms with Crippen LogP contribution in [0.4, 0.5) is 0 Å². The van der Waals surface area contributed by atoms with Crippen molar-refractivity contribution in [1.82, 2.24) is 5.32 Å². The number of ether oxygens (including phenoxy) is 1. The first-order chi connectivity index (χ1) is 26.5. The molecule has 0 saturated carbocycles. The number of unbranched alkanes of at least 4 members (excludes halogenated alkanes) is 29. The molecule has 0 heterocycles. The van der Waals surface area contributed by atoms with E-state index < -0.39 is 18.2 Å². The van der Waals surface area contributed by atoms with E-state index in [0.29, 0.717) is 19.3 Å². The van der Waals surface area contributed by atoms with E-state index in [0.717, 1.165) is 64.2 Å². The van der Waals surface area contributed by atoms with Crippen LogP contribution in [-0.4, -0.2) is 46.9 Å². The van der Waals surface area contributed by atoms with Crippen molar-refractivity contribution in [2.45, 2.75) is 277 Å². The summed E-state index contributed by atoms with van der Waals surface area (Å²) >= 11 is 0. The summed E-state index contributed by atoms with van der Waals surface area (Å²) in [5.41, 5.74) is 0. The summed E-state index contributed by atoms with van der Waals surface area (Å²) in [6.07, 6.45) is 45.6. The van der Waals surface area contributed by atoms with Crippen molar-refractivity contribution in [3.63, 3.8) is 0 Å².